The van der Waals surface area contributed by atoms with Gasteiger partial charge in [-0.25, -0.2) is 14.1 Å². The predicted molar refractivity (Wildman–Crippen MR) is 105 cm³/mol. The number of aromatic nitrogens is 3. The zero-order valence-corrected chi connectivity index (χ0v) is 16.8. The van der Waals surface area contributed by atoms with Gasteiger partial charge in [0.1, 0.15) is 11.6 Å². The minimum atomic E-state index is -0.341. The molecule has 0 radical (unpaired) electrons. The average molecular weight is 396 g/mol. The zero-order valence-electron chi connectivity index (χ0n) is 16.0. The molecule has 1 fully saturated rings. The Morgan fingerprint density at radius 2 is 2.04 bits per heavy atom. The van der Waals surface area contributed by atoms with Gasteiger partial charge >= 0.3 is 0 Å². The number of nitrogens with one attached hydrogen (secondary N) is 1. The molecule has 1 N–H and O–H groups in total. The lowest BCUT2D eigenvalue weighted by atomic mass is 9.97. The van der Waals surface area contributed by atoms with Crippen molar-refractivity contribution in [2.24, 2.45) is 5.92 Å². The molecule has 1 aliphatic rings. The van der Waals surface area contributed by atoms with E-state index in [1.807, 2.05) is 25.8 Å². The second-order valence-corrected chi connectivity index (χ2v) is 7.13. The van der Waals surface area contributed by atoms with Crippen LogP contribution in [-0.2, 0) is 0 Å². The SMILES string of the molecule is CNCC1CCN(C(=O)c2nc(C(C)C)n(-c3cccc(F)c3)n2)CC1.Cl. The Hall–Kier alpha value is -1.99. The highest BCUT2D eigenvalue weighted by Gasteiger charge is 2.27. The Morgan fingerprint density at radius 3 is 2.63 bits per heavy atom. The number of benzene rings is 1. The highest BCUT2D eigenvalue weighted by molar-refractivity contribution is 5.90. The van der Waals surface area contributed by atoms with Crippen LogP contribution >= 0.6 is 12.4 Å². The first-order valence-corrected chi connectivity index (χ1v) is 9.16. The highest BCUT2D eigenvalue weighted by Crippen LogP contribution is 2.21. The van der Waals surface area contributed by atoms with Crippen molar-refractivity contribution >= 4 is 18.3 Å². The lowest BCUT2D eigenvalue weighted by molar-refractivity contribution is 0.0678. The Balaban J connectivity index is 0.00000261. The Morgan fingerprint density at radius 1 is 1.33 bits per heavy atom. The van der Waals surface area contributed by atoms with Gasteiger partial charge in [0, 0.05) is 19.0 Å². The summed E-state index contributed by atoms with van der Waals surface area (Å²) in [7, 11) is 1.95. The van der Waals surface area contributed by atoms with Gasteiger partial charge in [-0.15, -0.1) is 17.5 Å². The molecule has 1 saturated heterocycles. The fourth-order valence-electron chi connectivity index (χ4n) is 3.36. The van der Waals surface area contributed by atoms with E-state index < -0.39 is 0 Å². The Labute approximate surface area is 165 Å². The first kappa shape index (κ1) is 21.3. The molecule has 27 heavy (non-hydrogen) atoms. The fourth-order valence-corrected chi connectivity index (χ4v) is 3.36. The van der Waals surface area contributed by atoms with Gasteiger partial charge in [0.25, 0.3) is 5.91 Å². The molecule has 3 rings (SSSR count). The summed E-state index contributed by atoms with van der Waals surface area (Å²) in [5.41, 5.74) is 0.577. The van der Waals surface area contributed by atoms with Crippen LogP contribution in [0, 0.1) is 11.7 Å². The van der Waals surface area contributed by atoms with Crippen molar-refractivity contribution < 1.29 is 9.18 Å². The minimum absolute atomic E-state index is 0. The third-order valence-corrected chi connectivity index (χ3v) is 4.79. The molecule has 2 aromatic rings. The average Bonchev–Trinajstić information content (AvgIpc) is 3.08. The number of likely N-dealkylation sites (tertiary alicyclic amines) is 1. The second kappa shape index (κ2) is 9.28. The standard InChI is InChI=1S/C19H26FN5O.ClH/c1-13(2)18-22-17(23-25(18)16-6-4-5-15(20)11-16)19(26)24-9-7-14(8-10-24)12-21-3;/h4-6,11,13-14,21H,7-10,12H2,1-3H3;1H. The van der Waals surface area contributed by atoms with E-state index in [4.69, 9.17) is 0 Å². The summed E-state index contributed by atoms with van der Waals surface area (Å²) in [6.07, 6.45) is 1.96. The number of amides is 1. The van der Waals surface area contributed by atoms with E-state index in [0.29, 0.717) is 17.4 Å². The third-order valence-electron chi connectivity index (χ3n) is 4.79. The molecule has 8 heteroatoms. The number of carbonyl (C=O) groups is 1. The highest BCUT2D eigenvalue weighted by atomic mass is 35.5. The summed E-state index contributed by atoms with van der Waals surface area (Å²) in [6.45, 7) is 6.38. The number of halogens is 2. The van der Waals surface area contributed by atoms with Crippen molar-refractivity contribution in [1.29, 1.82) is 0 Å². The maximum absolute atomic E-state index is 13.6. The molecular formula is C19H27ClFN5O. The maximum Gasteiger partial charge on any atom is 0.293 e. The van der Waals surface area contributed by atoms with Crippen molar-refractivity contribution in [1.82, 2.24) is 25.0 Å². The quantitative estimate of drug-likeness (QED) is 0.845. The van der Waals surface area contributed by atoms with Crippen LogP contribution in [0.25, 0.3) is 5.69 Å². The van der Waals surface area contributed by atoms with Gasteiger partial charge in [-0.05, 0) is 50.6 Å². The summed E-state index contributed by atoms with van der Waals surface area (Å²) in [4.78, 5) is 19.1. The molecule has 1 aromatic heterocycles. The molecule has 0 atom stereocenters. The topological polar surface area (TPSA) is 63.1 Å². The molecule has 1 amide bonds. The van der Waals surface area contributed by atoms with Crippen LogP contribution in [-0.4, -0.2) is 52.3 Å². The van der Waals surface area contributed by atoms with Gasteiger partial charge in [0.2, 0.25) is 5.82 Å². The van der Waals surface area contributed by atoms with E-state index in [1.165, 1.54) is 12.1 Å². The number of hydrogen-bond donors (Lipinski definition) is 1. The lowest BCUT2D eigenvalue weighted by Crippen LogP contribution is -2.40. The molecule has 2 heterocycles. The van der Waals surface area contributed by atoms with E-state index in [1.54, 1.807) is 16.8 Å². The van der Waals surface area contributed by atoms with Crippen molar-refractivity contribution in [2.75, 3.05) is 26.7 Å². The Kier molecular flexibility index (Phi) is 7.33. The summed E-state index contributed by atoms with van der Waals surface area (Å²) in [5, 5.41) is 7.61. The molecule has 0 aliphatic carbocycles. The number of rotatable bonds is 5. The number of piperidine rings is 1. The van der Waals surface area contributed by atoms with Crippen molar-refractivity contribution in [3.8, 4) is 5.69 Å². The smallest absolute Gasteiger partial charge is 0.293 e. The summed E-state index contributed by atoms with van der Waals surface area (Å²) in [5.74, 6) is 1.02. The third kappa shape index (κ3) is 4.84. The number of carbonyl (C=O) groups excluding carboxylic acids is 1. The second-order valence-electron chi connectivity index (χ2n) is 7.13. The normalized spacial score (nSPS) is 15.1. The van der Waals surface area contributed by atoms with Gasteiger partial charge in [-0.1, -0.05) is 19.9 Å². The van der Waals surface area contributed by atoms with Crippen molar-refractivity contribution in [3.63, 3.8) is 0 Å². The molecule has 148 valence electrons. The van der Waals surface area contributed by atoms with Crippen LogP contribution in [0.3, 0.4) is 0 Å². The molecule has 0 spiro atoms. The first-order valence-electron chi connectivity index (χ1n) is 9.16. The van der Waals surface area contributed by atoms with Crippen molar-refractivity contribution in [2.45, 2.75) is 32.6 Å². The van der Waals surface area contributed by atoms with E-state index in [2.05, 4.69) is 15.4 Å². The summed E-state index contributed by atoms with van der Waals surface area (Å²) in [6, 6.07) is 6.18. The van der Waals surface area contributed by atoms with Crippen molar-refractivity contribution in [3.05, 3.63) is 41.7 Å². The van der Waals surface area contributed by atoms with Gasteiger partial charge in [-0.2, -0.15) is 0 Å². The van der Waals surface area contributed by atoms with Crippen LogP contribution in [0.1, 0.15) is 49.1 Å². The van der Waals surface area contributed by atoms with Crippen LogP contribution < -0.4 is 5.32 Å². The fraction of sp³-hybridized carbons (Fsp3) is 0.526. The molecule has 0 saturated carbocycles. The molecule has 0 bridgehead atoms. The monoisotopic (exact) mass is 395 g/mol. The number of nitrogens with zero attached hydrogens (tertiary/aromatic N) is 4. The molecule has 6 nitrogen and oxygen atoms in total. The predicted octanol–water partition coefficient (Wildman–Crippen LogP) is 3.02. The van der Waals surface area contributed by atoms with Gasteiger partial charge in [-0.3, -0.25) is 4.79 Å². The molecule has 1 aromatic carbocycles. The summed E-state index contributed by atoms with van der Waals surface area (Å²) < 4.78 is 15.2. The van der Waals surface area contributed by atoms with Gasteiger partial charge in [0.15, 0.2) is 0 Å². The number of hydrogen-bond acceptors (Lipinski definition) is 4. The Bertz CT molecular complexity index is 771. The van der Waals surface area contributed by atoms with Gasteiger partial charge < -0.3 is 10.2 Å². The summed E-state index contributed by atoms with van der Waals surface area (Å²) >= 11 is 0. The first-order chi connectivity index (χ1) is 12.5. The molecule has 0 unspecified atom stereocenters. The van der Waals surface area contributed by atoms with E-state index in [0.717, 1.165) is 32.5 Å². The minimum Gasteiger partial charge on any atom is -0.336 e. The largest absolute Gasteiger partial charge is 0.336 e. The van der Waals surface area contributed by atoms with E-state index >= 15 is 0 Å². The van der Waals surface area contributed by atoms with Crippen LogP contribution in [0.5, 0.6) is 0 Å². The van der Waals surface area contributed by atoms with E-state index in [-0.39, 0.29) is 35.9 Å². The van der Waals surface area contributed by atoms with Crippen LogP contribution in [0.2, 0.25) is 0 Å². The zero-order chi connectivity index (χ0) is 18.7. The molecular weight excluding hydrogens is 369 g/mol. The lowest BCUT2D eigenvalue weighted by Gasteiger charge is -2.31. The van der Waals surface area contributed by atoms with E-state index in [9.17, 15) is 9.18 Å². The van der Waals surface area contributed by atoms with Crippen LogP contribution in [0.4, 0.5) is 4.39 Å². The van der Waals surface area contributed by atoms with Crippen LogP contribution in [0.15, 0.2) is 24.3 Å². The van der Waals surface area contributed by atoms with Gasteiger partial charge in [0.05, 0.1) is 5.69 Å². The maximum atomic E-state index is 13.6. The molecule has 1 aliphatic heterocycles.